The van der Waals surface area contributed by atoms with Gasteiger partial charge in [0.15, 0.2) is 0 Å². The van der Waals surface area contributed by atoms with Crippen molar-refractivity contribution in [1.82, 2.24) is 0 Å². The molecule has 0 nitrogen and oxygen atoms in total. The Labute approximate surface area is 154 Å². The molecule has 3 rings (SSSR count). The van der Waals surface area contributed by atoms with Gasteiger partial charge >= 0.3 is 0 Å². The summed E-state index contributed by atoms with van der Waals surface area (Å²) in [5, 5.41) is 0. The van der Waals surface area contributed by atoms with Crippen molar-refractivity contribution in [3.05, 3.63) is 64.2 Å². The van der Waals surface area contributed by atoms with Crippen molar-refractivity contribution >= 4 is 6.08 Å². The highest BCUT2D eigenvalue weighted by Crippen LogP contribution is 2.41. The van der Waals surface area contributed by atoms with Crippen LogP contribution in [0, 0.1) is 5.92 Å². The van der Waals surface area contributed by atoms with Crippen molar-refractivity contribution in [2.45, 2.75) is 66.2 Å². The van der Waals surface area contributed by atoms with Gasteiger partial charge in [0.25, 0.3) is 0 Å². The summed E-state index contributed by atoms with van der Waals surface area (Å²) in [7, 11) is 0. The summed E-state index contributed by atoms with van der Waals surface area (Å²) in [6.07, 6.45) is 7.20. The second-order valence-corrected chi connectivity index (χ2v) is 8.24. The van der Waals surface area contributed by atoms with Crippen molar-refractivity contribution < 1.29 is 0 Å². The highest BCUT2D eigenvalue weighted by Gasteiger charge is 2.21. The van der Waals surface area contributed by atoms with Crippen LogP contribution in [0.25, 0.3) is 17.2 Å². The Morgan fingerprint density at radius 1 is 0.960 bits per heavy atom. The molecule has 0 heteroatoms. The maximum absolute atomic E-state index is 2.50. The zero-order valence-corrected chi connectivity index (χ0v) is 16.5. The Kier molecular flexibility index (Phi) is 5.47. The Morgan fingerprint density at radius 3 is 2.40 bits per heavy atom. The monoisotopic (exact) mass is 332 g/mol. The molecule has 0 N–H and O–H groups in total. The summed E-state index contributed by atoms with van der Waals surface area (Å²) in [5.41, 5.74) is 10.5. The molecule has 0 atom stereocenters. The predicted molar refractivity (Wildman–Crippen MR) is 111 cm³/mol. The van der Waals surface area contributed by atoms with Crippen LogP contribution in [-0.2, 0) is 12.8 Å². The van der Waals surface area contributed by atoms with E-state index in [1.165, 1.54) is 46.2 Å². The van der Waals surface area contributed by atoms with Crippen LogP contribution in [-0.4, -0.2) is 0 Å². The van der Waals surface area contributed by atoms with Crippen molar-refractivity contribution in [2.24, 2.45) is 5.92 Å². The third-order valence-corrected chi connectivity index (χ3v) is 5.23. The minimum absolute atomic E-state index is 0.544. The van der Waals surface area contributed by atoms with E-state index in [1.54, 1.807) is 5.57 Å². The predicted octanol–water partition coefficient (Wildman–Crippen LogP) is 7.42. The van der Waals surface area contributed by atoms with Crippen molar-refractivity contribution in [2.75, 3.05) is 0 Å². The van der Waals surface area contributed by atoms with Gasteiger partial charge in [-0.25, -0.2) is 0 Å². The second-order valence-electron chi connectivity index (χ2n) is 8.24. The largest absolute Gasteiger partial charge is 0.0651 e. The van der Waals surface area contributed by atoms with E-state index in [4.69, 9.17) is 0 Å². The topological polar surface area (TPSA) is 0 Å². The highest BCUT2D eigenvalue weighted by atomic mass is 14.3. The normalized spacial score (nSPS) is 13.5. The first-order valence-electron chi connectivity index (χ1n) is 9.94. The maximum atomic E-state index is 2.50. The number of hydrogen-bond donors (Lipinski definition) is 0. The molecule has 1 aliphatic carbocycles. The molecule has 0 radical (unpaired) electrons. The van der Waals surface area contributed by atoms with Gasteiger partial charge in [0, 0.05) is 0 Å². The van der Waals surface area contributed by atoms with Crippen LogP contribution >= 0.6 is 0 Å². The van der Waals surface area contributed by atoms with E-state index in [0.29, 0.717) is 5.92 Å². The Hall–Kier alpha value is -1.82. The quantitative estimate of drug-likeness (QED) is 0.516. The number of fused-ring (bicyclic) bond motifs is 1. The van der Waals surface area contributed by atoms with Crippen molar-refractivity contribution in [3.8, 4) is 11.1 Å². The van der Waals surface area contributed by atoms with Gasteiger partial charge in [0.05, 0.1) is 0 Å². The maximum Gasteiger partial charge on any atom is -0.00575 e. The van der Waals surface area contributed by atoms with Crippen LogP contribution in [0.4, 0.5) is 0 Å². The fourth-order valence-corrected chi connectivity index (χ4v) is 4.21. The molecular weight excluding hydrogens is 300 g/mol. The summed E-state index contributed by atoms with van der Waals surface area (Å²) in [4.78, 5) is 0. The molecule has 0 spiro atoms. The molecule has 0 saturated heterocycles. The van der Waals surface area contributed by atoms with E-state index in [1.807, 2.05) is 0 Å². The van der Waals surface area contributed by atoms with Crippen LogP contribution in [0.2, 0.25) is 0 Å². The SMILES string of the molecule is CCCc1ccc2c(c1-c1ccccc1C(C)C)C=C(CC(C)C)C2. The van der Waals surface area contributed by atoms with Gasteiger partial charge in [0.2, 0.25) is 0 Å². The molecule has 0 saturated carbocycles. The smallest absolute Gasteiger partial charge is 0.00575 e. The number of hydrogen-bond acceptors (Lipinski definition) is 0. The van der Waals surface area contributed by atoms with Crippen LogP contribution in [0.3, 0.4) is 0 Å². The van der Waals surface area contributed by atoms with Crippen LogP contribution in [0.1, 0.15) is 75.6 Å². The average Bonchev–Trinajstić information content (AvgIpc) is 2.96. The molecule has 0 amide bonds. The molecule has 0 bridgehead atoms. The summed E-state index contributed by atoms with van der Waals surface area (Å²) in [5.74, 6) is 1.27. The Morgan fingerprint density at radius 2 is 1.72 bits per heavy atom. The van der Waals surface area contributed by atoms with Gasteiger partial charge in [-0.2, -0.15) is 0 Å². The molecule has 1 aliphatic rings. The van der Waals surface area contributed by atoms with Gasteiger partial charge < -0.3 is 0 Å². The molecule has 0 fully saturated rings. The van der Waals surface area contributed by atoms with Gasteiger partial charge in [-0.15, -0.1) is 0 Å². The fourth-order valence-electron chi connectivity index (χ4n) is 4.21. The summed E-state index contributed by atoms with van der Waals surface area (Å²) < 4.78 is 0. The van der Waals surface area contributed by atoms with Crippen molar-refractivity contribution in [3.63, 3.8) is 0 Å². The lowest BCUT2D eigenvalue weighted by Crippen LogP contribution is -1.99. The molecule has 0 aromatic heterocycles. The molecule has 2 aromatic carbocycles. The van der Waals surface area contributed by atoms with Crippen LogP contribution < -0.4 is 0 Å². The first-order valence-corrected chi connectivity index (χ1v) is 9.94. The number of aryl methyl sites for hydroxylation is 1. The standard InChI is InChI=1S/C25H32/c1-6-9-20-12-13-21-15-19(14-17(2)3)16-24(21)25(20)23-11-8-7-10-22(23)18(4)5/h7-8,10-13,16-18H,6,9,14-15H2,1-5H3. The third-order valence-electron chi connectivity index (χ3n) is 5.23. The highest BCUT2D eigenvalue weighted by molar-refractivity contribution is 5.84. The summed E-state index contributed by atoms with van der Waals surface area (Å²) in [6.45, 7) is 11.5. The first kappa shape index (κ1) is 18.0. The van der Waals surface area contributed by atoms with E-state index >= 15 is 0 Å². The van der Waals surface area contributed by atoms with Crippen LogP contribution in [0.5, 0.6) is 0 Å². The molecule has 132 valence electrons. The molecule has 0 aliphatic heterocycles. The first-order chi connectivity index (χ1) is 12.0. The number of rotatable bonds is 6. The minimum Gasteiger partial charge on any atom is -0.0651 e. The van der Waals surface area contributed by atoms with E-state index in [0.717, 1.165) is 18.8 Å². The van der Waals surface area contributed by atoms with Gasteiger partial charge in [-0.1, -0.05) is 89.1 Å². The van der Waals surface area contributed by atoms with E-state index < -0.39 is 0 Å². The van der Waals surface area contributed by atoms with Gasteiger partial charge in [0.1, 0.15) is 0 Å². The Balaban J connectivity index is 2.19. The van der Waals surface area contributed by atoms with Gasteiger partial charge in [-0.05, 0) is 64.5 Å². The number of benzene rings is 2. The summed E-state index contributed by atoms with van der Waals surface area (Å²) >= 11 is 0. The fraction of sp³-hybridized carbons (Fsp3) is 0.440. The second kappa shape index (κ2) is 7.60. The summed E-state index contributed by atoms with van der Waals surface area (Å²) in [6, 6.07) is 13.8. The molecule has 2 aromatic rings. The lowest BCUT2D eigenvalue weighted by Gasteiger charge is -2.19. The lowest BCUT2D eigenvalue weighted by atomic mass is 9.85. The minimum atomic E-state index is 0.544. The molecule has 25 heavy (non-hydrogen) atoms. The zero-order chi connectivity index (χ0) is 18.0. The average molecular weight is 333 g/mol. The molecular formula is C25H32. The third kappa shape index (κ3) is 3.73. The zero-order valence-electron chi connectivity index (χ0n) is 16.5. The van der Waals surface area contributed by atoms with Gasteiger partial charge in [-0.3, -0.25) is 0 Å². The number of allylic oxidation sites excluding steroid dienone is 1. The molecule has 0 heterocycles. The molecule has 0 unspecified atom stereocenters. The van der Waals surface area contributed by atoms with Crippen LogP contribution in [0.15, 0.2) is 42.0 Å². The van der Waals surface area contributed by atoms with Crippen molar-refractivity contribution in [1.29, 1.82) is 0 Å². The van der Waals surface area contributed by atoms with E-state index in [-0.39, 0.29) is 0 Å². The van der Waals surface area contributed by atoms with E-state index in [9.17, 15) is 0 Å². The van der Waals surface area contributed by atoms with E-state index in [2.05, 4.69) is 77.1 Å². The Bertz CT molecular complexity index is 775. The lowest BCUT2D eigenvalue weighted by molar-refractivity contribution is 0.638.